The van der Waals surface area contributed by atoms with Crippen LogP contribution in [0.2, 0.25) is 0 Å². The standard InChI is InChI=1S/C15H31NO/c1-13(11-14(2,3)17-5)16-12-15(4)9-7-6-8-10-15/h13,16H,6-12H2,1-5H3. The molecule has 17 heavy (non-hydrogen) atoms. The summed E-state index contributed by atoms with van der Waals surface area (Å²) in [5.74, 6) is 0. The van der Waals surface area contributed by atoms with E-state index in [0.717, 1.165) is 13.0 Å². The van der Waals surface area contributed by atoms with E-state index in [0.29, 0.717) is 11.5 Å². The monoisotopic (exact) mass is 241 g/mol. The van der Waals surface area contributed by atoms with Gasteiger partial charge in [-0.25, -0.2) is 0 Å². The zero-order chi connectivity index (χ0) is 12.9. The average molecular weight is 241 g/mol. The first-order chi connectivity index (χ1) is 7.87. The molecule has 0 heterocycles. The summed E-state index contributed by atoms with van der Waals surface area (Å²) in [6.45, 7) is 10.2. The lowest BCUT2D eigenvalue weighted by molar-refractivity contribution is 0.00742. The van der Waals surface area contributed by atoms with Gasteiger partial charge in [0.05, 0.1) is 5.60 Å². The molecule has 1 atom stereocenters. The number of rotatable bonds is 6. The van der Waals surface area contributed by atoms with E-state index in [1.54, 1.807) is 7.11 Å². The van der Waals surface area contributed by atoms with Crippen molar-refractivity contribution in [1.82, 2.24) is 5.32 Å². The molecule has 0 aromatic carbocycles. The molecule has 2 nitrogen and oxygen atoms in total. The van der Waals surface area contributed by atoms with E-state index in [1.807, 2.05) is 0 Å². The summed E-state index contributed by atoms with van der Waals surface area (Å²) >= 11 is 0. The first kappa shape index (κ1) is 15.0. The van der Waals surface area contributed by atoms with E-state index in [1.165, 1.54) is 32.1 Å². The normalized spacial score (nSPS) is 22.4. The fraction of sp³-hybridized carbons (Fsp3) is 1.00. The van der Waals surface area contributed by atoms with Crippen LogP contribution in [0.3, 0.4) is 0 Å². The molecular weight excluding hydrogens is 210 g/mol. The number of hydrogen-bond donors (Lipinski definition) is 1. The van der Waals surface area contributed by atoms with Gasteiger partial charge in [-0.15, -0.1) is 0 Å². The lowest BCUT2D eigenvalue weighted by Crippen LogP contribution is -2.41. The Bertz CT molecular complexity index is 219. The molecule has 1 aliphatic rings. The van der Waals surface area contributed by atoms with Crippen LogP contribution in [0.1, 0.15) is 66.2 Å². The van der Waals surface area contributed by atoms with E-state index in [9.17, 15) is 0 Å². The van der Waals surface area contributed by atoms with Gasteiger partial charge in [0.15, 0.2) is 0 Å². The van der Waals surface area contributed by atoms with Gasteiger partial charge in [-0.2, -0.15) is 0 Å². The maximum Gasteiger partial charge on any atom is 0.0637 e. The Hall–Kier alpha value is -0.0800. The van der Waals surface area contributed by atoms with Gasteiger partial charge < -0.3 is 10.1 Å². The molecule has 2 heteroatoms. The Kier molecular flexibility index (Phi) is 5.46. The highest BCUT2D eigenvalue weighted by Crippen LogP contribution is 2.35. The Labute approximate surface area is 108 Å². The Morgan fingerprint density at radius 1 is 1.24 bits per heavy atom. The van der Waals surface area contributed by atoms with E-state index < -0.39 is 0 Å². The molecule has 1 saturated carbocycles. The van der Waals surface area contributed by atoms with Gasteiger partial charge in [0.25, 0.3) is 0 Å². The van der Waals surface area contributed by atoms with Gasteiger partial charge in [-0.1, -0.05) is 26.2 Å². The third-order valence-corrected chi connectivity index (χ3v) is 4.29. The average Bonchev–Trinajstić information content (AvgIpc) is 2.27. The van der Waals surface area contributed by atoms with Crippen molar-refractivity contribution in [3.63, 3.8) is 0 Å². The molecular formula is C15H31NO. The smallest absolute Gasteiger partial charge is 0.0637 e. The summed E-state index contributed by atoms with van der Waals surface area (Å²) in [5, 5.41) is 3.70. The fourth-order valence-corrected chi connectivity index (χ4v) is 2.90. The first-order valence-electron chi connectivity index (χ1n) is 7.15. The van der Waals surface area contributed by atoms with E-state index in [4.69, 9.17) is 4.74 Å². The highest BCUT2D eigenvalue weighted by Gasteiger charge is 2.28. The van der Waals surface area contributed by atoms with Crippen molar-refractivity contribution < 1.29 is 4.74 Å². The zero-order valence-electron chi connectivity index (χ0n) is 12.4. The lowest BCUT2D eigenvalue weighted by atomic mass is 9.75. The van der Waals surface area contributed by atoms with Crippen molar-refractivity contribution in [2.24, 2.45) is 5.41 Å². The number of nitrogens with one attached hydrogen (secondary N) is 1. The molecule has 1 aliphatic carbocycles. The van der Waals surface area contributed by atoms with Gasteiger partial charge in [0.2, 0.25) is 0 Å². The van der Waals surface area contributed by atoms with Crippen molar-refractivity contribution in [1.29, 1.82) is 0 Å². The molecule has 0 saturated heterocycles. The largest absolute Gasteiger partial charge is 0.379 e. The van der Waals surface area contributed by atoms with Crippen molar-refractivity contribution in [2.45, 2.75) is 77.9 Å². The van der Waals surface area contributed by atoms with E-state index in [2.05, 4.69) is 33.0 Å². The van der Waals surface area contributed by atoms with Crippen molar-refractivity contribution in [2.75, 3.05) is 13.7 Å². The highest BCUT2D eigenvalue weighted by atomic mass is 16.5. The van der Waals surface area contributed by atoms with Crippen LogP contribution in [0.5, 0.6) is 0 Å². The molecule has 1 N–H and O–H groups in total. The molecule has 0 spiro atoms. The number of methoxy groups -OCH3 is 1. The molecule has 1 fully saturated rings. The van der Waals surface area contributed by atoms with Crippen LogP contribution in [0.25, 0.3) is 0 Å². The molecule has 0 bridgehead atoms. The minimum Gasteiger partial charge on any atom is -0.379 e. The Morgan fingerprint density at radius 3 is 2.35 bits per heavy atom. The third kappa shape index (κ3) is 5.39. The minimum absolute atomic E-state index is 0.0140. The molecule has 1 rings (SSSR count). The van der Waals surface area contributed by atoms with Gasteiger partial charge in [0, 0.05) is 19.7 Å². The summed E-state index contributed by atoms with van der Waals surface area (Å²) in [6.07, 6.45) is 8.11. The predicted molar refractivity (Wildman–Crippen MR) is 74.4 cm³/mol. The SMILES string of the molecule is COC(C)(C)CC(C)NCC1(C)CCCCC1. The van der Waals surface area contributed by atoms with Crippen LogP contribution in [0.15, 0.2) is 0 Å². The van der Waals surface area contributed by atoms with E-state index >= 15 is 0 Å². The van der Waals surface area contributed by atoms with Crippen LogP contribution < -0.4 is 5.32 Å². The summed E-state index contributed by atoms with van der Waals surface area (Å²) in [7, 11) is 1.80. The van der Waals surface area contributed by atoms with Crippen LogP contribution in [0.4, 0.5) is 0 Å². The van der Waals surface area contributed by atoms with Crippen LogP contribution in [0, 0.1) is 5.41 Å². The second-order valence-electron chi connectivity index (χ2n) is 6.82. The predicted octanol–water partition coefficient (Wildman–Crippen LogP) is 3.75. The molecule has 1 unspecified atom stereocenters. The van der Waals surface area contributed by atoms with Crippen molar-refractivity contribution in [3.05, 3.63) is 0 Å². The lowest BCUT2D eigenvalue weighted by Gasteiger charge is -2.36. The number of ether oxygens (including phenoxy) is 1. The topological polar surface area (TPSA) is 21.3 Å². The molecule has 0 amide bonds. The summed E-state index contributed by atoms with van der Waals surface area (Å²) < 4.78 is 5.49. The number of hydrogen-bond acceptors (Lipinski definition) is 2. The van der Waals surface area contributed by atoms with Gasteiger partial charge in [0.1, 0.15) is 0 Å². The second kappa shape index (κ2) is 6.19. The van der Waals surface area contributed by atoms with Gasteiger partial charge in [-0.3, -0.25) is 0 Å². The maximum atomic E-state index is 5.49. The first-order valence-corrected chi connectivity index (χ1v) is 7.15. The third-order valence-electron chi connectivity index (χ3n) is 4.29. The summed E-state index contributed by atoms with van der Waals surface area (Å²) in [4.78, 5) is 0. The maximum absolute atomic E-state index is 5.49. The van der Waals surface area contributed by atoms with E-state index in [-0.39, 0.29) is 5.60 Å². The molecule has 0 aromatic heterocycles. The second-order valence-corrected chi connectivity index (χ2v) is 6.82. The van der Waals surface area contributed by atoms with Crippen LogP contribution >= 0.6 is 0 Å². The zero-order valence-corrected chi connectivity index (χ0v) is 12.4. The van der Waals surface area contributed by atoms with Crippen molar-refractivity contribution in [3.8, 4) is 0 Å². The fourth-order valence-electron chi connectivity index (χ4n) is 2.90. The van der Waals surface area contributed by atoms with Gasteiger partial charge in [-0.05, 0) is 45.4 Å². The molecule has 0 radical (unpaired) electrons. The Morgan fingerprint density at radius 2 is 1.82 bits per heavy atom. The van der Waals surface area contributed by atoms with Crippen molar-refractivity contribution >= 4 is 0 Å². The summed E-state index contributed by atoms with van der Waals surface area (Å²) in [6, 6.07) is 0.531. The molecule has 0 aliphatic heterocycles. The van der Waals surface area contributed by atoms with Crippen LogP contribution in [-0.2, 0) is 4.74 Å². The molecule has 102 valence electrons. The summed E-state index contributed by atoms with van der Waals surface area (Å²) in [5.41, 5.74) is 0.517. The Balaban J connectivity index is 2.29. The highest BCUT2D eigenvalue weighted by molar-refractivity contribution is 4.83. The van der Waals surface area contributed by atoms with Gasteiger partial charge >= 0.3 is 0 Å². The quantitative estimate of drug-likeness (QED) is 0.764. The molecule has 0 aromatic rings. The minimum atomic E-state index is -0.0140. The van der Waals surface area contributed by atoms with Crippen LogP contribution in [-0.4, -0.2) is 25.3 Å².